The second kappa shape index (κ2) is 12.3. The maximum absolute atomic E-state index is 12.0. The zero-order chi connectivity index (χ0) is 18.5. The summed E-state index contributed by atoms with van der Waals surface area (Å²) < 4.78 is 5.15. The molecule has 0 aliphatic rings. The van der Waals surface area contributed by atoms with Gasteiger partial charge in [-0.05, 0) is 18.6 Å². The number of rotatable bonds is 13. The number of nitro benzene ring substituents is 1. The monoisotopic (exact) mass is 350 g/mol. The summed E-state index contributed by atoms with van der Waals surface area (Å²) in [6.07, 6.45) is 11.9. The molecule has 6 nitrogen and oxygen atoms in total. The second-order valence-electron chi connectivity index (χ2n) is 6.35. The van der Waals surface area contributed by atoms with Crippen molar-refractivity contribution in [2.75, 3.05) is 12.3 Å². The lowest BCUT2D eigenvalue weighted by atomic mass is 10.1. The molecule has 0 amide bonds. The fourth-order valence-corrected chi connectivity index (χ4v) is 2.71. The van der Waals surface area contributed by atoms with Crippen LogP contribution in [-0.4, -0.2) is 17.5 Å². The minimum absolute atomic E-state index is 0.0860. The van der Waals surface area contributed by atoms with Gasteiger partial charge in [0, 0.05) is 11.8 Å². The molecular formula is C19H30N2O4. The number of esters is 1. The second-order valence-corrected chi connectivity index (χ2v) is 6.35. The van der Waals surface area contributed by atoms with E-state index in [1.165, 1.54) is 63.1 Å². The van der Waals surface area contributed by atoms with Gasteiger partial charge in [-0.25, -0.2) is 4.79 Å². The van der Waals surface area contributed by atoms with Gasteiger partial charge in [-0.3, -0.25) is 10.1 Å². The van der Waals surface area contributed by atoms with Gasteiger partial charge in [0.05, 0.1) is 11.5 Å². The highest BCUT2D eigenvalue weighted by molar-refractivity contribution is 5.94. The fraction of sp³-hybridized carbons (Fsp3) is 0.632. The number of unbranched alkanes of at least 4 members (excludes halogenated alkanes) is 9. The number of anilines is 1. The molecule has 2 N–H and O–H groups in total. The lowest BCUT2D eigenvalue weighted by Crippen LogP contribution is -2.10. The summed E-state index contributed by atoms with van der Waals surface area (Å²) in [6, 6.07) is 3.92. The Bertz CT molecular complexity index is 546. The first kappa shape index (κ1) is 20.9. The summed E-state index contributed by atoms with van der Waals surface area (Å²) in [5, 5.41) is 11.0. The molecule has 140 valence electrons. The summed E-state index contributed by atoms with van der Waals surface area (Å²) in [4.78, 5) is 22.4. The van der Waals surface area contributed by atoms with Crippen molar-refractivity contribution in [3.63, 3.8) is 0 Å². The number of hydrogen-bond donors (Lipinski definition) is 1. The average Bonchev–Trinajstić information content (AvgIpc) is 2.59. The highest BCUT2D eigenvalue weighted by Crippen LogP contribution is 2.22. The van der Waals surface area contributed by atoms with Crippen LogP contribution in [0.3, 0.4) is 0 Å². The summed E-state index contributed by atoms with van der Waals surface area (Å²) in [5.74, 6) is -0.685. The van der Waals surface area contributed by atoms with Crippen molar-refractivity contribution >= 4 is 17.3 Å². The van der Waals surface area contributed by atoms with Crippen molar-refractivity contribution in [2.45, 2.75) is 71.1 Å². The quantitative estimate of drug-likeness (QED) is 0.172. The van der Waals surface area contributed by atoms with Gasteiger partial charge in [0.25, 0.3) is 5.69 Å². The average molecular weight is 350 g/mol. The fourth-order valence-electron chi connectivity index (χ4n) is 2.71. The molecule has 0 fully saturated rings. The topological polar surface area (TPSA) is 95.5 Å². The highest BCUT2D eigenvalue weighted by atomic mass is 16.6. The normalized spacial score (nSPS) is 10.6. The van der Waals surface area contributed by atoms with E-state index in [9.17, 15) is 14.9 Å². The minimum atomic E-state index is -0.685. The molecule has 1 aromatic carbocycles. The predicted octanol–water partition coefficient (Wildman–Crippen LogP) is 5.25. The number of carbonyl (C=O) groups is 1. The van der Waals surface area contributed by atoms with Crippen molar-refractivity contribution in [2.24, 2.45) is 0 Å². The van der Waals surface area contributed by atoms with Crippen LogP contribution in [0.15, 0.2) is 18.2 Å². The first-order chi connectivity index (χ1) is 12.1. The van der Waals surface area contributed by atoms with Crippen LogP contribution in [-0.2, 0) is 4.74 Å². The number of carbonyl (C=O) groups excluding carboxylic acids is 1. The standard InChI is InChI=1S/C19H30N2O4/c1-2-3-4-5-6-7-8-9-10-11-14-25-19(22)17-15-16(20)12-13-18(17)21(23)24/h12-13,15H,2-11,14,20H2,1H3. The first-order valence-corrected chi connectivity index (χ1v) is 9.27. The van der Waals surface area contributed by atoms with Gasteiger partial charge in [-0.15, -0.1) is 0 Å². The van der Waals surface area contributed by atoms with E-state index in [1.54, 1.807) is 0 Å². The van der Waals surface area contributed by atoms with Crippen LogP contribution in [0.25, 0.3) is 0 Å². The van der Waals surface area contributed by atoms with E-state index in [2.05, 4.69) is 6.92 Å². The van der Waals surface area contributed by atoms with Crippen LogP contribution >= 0.6 is 0 Å². The molecule has 1 aromatic rings. The lowest BCUT2D eigenvalue weighted by molar-refractivity contribution is -0.385. The van der Waals surface area contributed by atoms with Crippen LogP contribution in [0.4, 0.5) is 11.4 Å². The molecule has 1 rings (SSSR count). The number of benzene rings is 1. The van der Waals surface area contributed by atoms with E-state index in [1.807, 2.05) is 0 Å². The minimum Gasteiger partial charge on any atom is -0.462 e. The van der Waals surface area contributed by atoms with Gasteiger partial charge in [0.15, 0.2) is 0 Å². The Morgan fingerprint density at radius 3 is 2.16 bits per heavy atom. The van der Waals surface area contributed by atoms with Gasteiger partial charge in [0.1, 0.15) is 5.56 Å². The number of nitrogens with zero attached hydrogens (tertiary/aromatic N) is 1. The van der Waals surface area contributed by atoms with Gasteiger partial charge in [0.2, 0.25) is 0 Å². The lowest BCUT2D eigenvalue weighted by Gasteiger charge is -2.06. The van der Waals surface area contributed by atoms with Gasteiger partial charge < -0.3 is 10.5 Å². The van der Waals surface area contributed by atoms with Crippen LogP contribution in [0.1, 0.15) is 81.5 Å². The van der Waals surface area contributed by atoms with Crippen molar-refractivity contribution in [3.05, 3.63) is 33.9 Å². The maximum Gasteiger partial charge on any atom is 0.345 e. The smallest absolute Gasteiger partial charge is 0.345 e. The molecule has 25 heavy (non-hydrogen) atoms. The molecule has 0 aromatic heterocycles. The Morgan fingerprint density at radius 1 is 1.04 bits per heavy atom. The Kier molecular flexibility index (Phi) is 10.3. The first-order valence-electron chi connectivity index (χ1n) is 9.27. The third kappa shape index (κ3) is 8.52. The maximum atomic E-state index is 12.0. The number of nitro groups is 1. The van der Waals surface area contributed by atoms with Gasteiger partial charge >= 0.3 is 5.97 Å². The van der Waals surface area contributed by atoms with Crippen LogP contribution in [0, 0.1) is 10.1 Å². The molecule has 0 saturated heterocycles. The van der Waals surface area contributed by atoms with Crippen molar-refractivity contribution in [1.29, 1.82) is 0 Å². The third-order valence-corrected chi connectivity index (χ3v) is 4.17. The number of ether oxygens (including phenoxy) is 1. The van der Waals surface area contributed by atoms with E-state index < -0.39 is 10.9 Å². The molecular weight excluding hydrogens is 320 g/mol. The van der Waals surface area contributed by atoms with Crippen LogP contribution in [0.5, 0.6) is 0 Å². The van der Waals surface area contributed by atoms with Crippen LogP contribution in [0.2, 0.25) is 0 Å². The third-order valence-electron chi connectivity index (χ3n) is 4.17. The number of nitrogens with two attached hydrogens (primary N) is 1. The van der Waals surface area contributed by atoms with E-state index in [4.69, 9.17) is 10.5 Å². The Hall–Kier alpha value is -2.11. The SMILES string of the molecule is CCCCCCCCCCCCOC(=O)c1cc(N)ccc1[N+](=O)[O-]. The summed E-state index contributed by atoms with van der Waals surface area (Å²) in [6.45, 7) is 2.50. The van der Waals surface area contributed by atoms with E-state index in [0.29, 0.717) is 5.69 Å². The Balaban J connectivity index is 2.17. The number of nitrogen functional groups attached to an aromatic ring is 1. The van der Waals surface area contributed by atoms with E-state index >= 15 is 0 Å². The molecule has 0 aliphatic carbocycles. The van der Waals surface area contributed by atoms with Crippen molar-refractivity contribution < 1.29 is 14.5 Å². The molecule has 0 saturated carbocycles. The summed E-state index contributed by atoms with van der Waals surface area (Å²) >= 11 is 0. The van der Waals surface area contributed by atoms with Gasteiger partial charge in [-0.1, -0.05) is 64.7 Å². The Labute approximate surface area is 149 Å². The van der Waals surface area contributed by atoms with E-state index in [0.717, 1.165) is 19.3 Å². The van der Waals surface area contributed by atoms with Gasteiger partial charge in [-0.2, -0.15) is 0 Å². The molecule has 0 unspecified atom stereocenters. The number of hydrogen-bond acceptors (Lipinski definition) is 5. The Morgan fingerprint density at radius 2 is 1.60 bits per heavy atom. The molecule has 0 radical (unpaired) electrons. The molecule has 6 heteroatoms. The van der Waals surface area contributed by atoms with Crippen LogP contribution < -0.4 is 5.73 Å². The van der Waals surface area contributed by atoms with Crippen molar-refractivity contribution in [3.8, 4) is 0 Å². The zero-order valence-corrected chi connectivity index (χ0v) is 15.2. The molecule has 0 bridgehead atoms. The van der Waals surface area contributed by atoms with Crippen molar-refractivity contribution in [1.82, 2.24) is 0 Å². The highest BCUT2D eigenvalue weighted by Gasteiger charge is 2.21. The largest absolute Gasteiger partial charge is 0.462 e. The summed E-state index contributed by atoms with van der Waals surface area (Å²) in [7, 11) is 0. The summed E-state index contributed by atoms with van der Waals surface area (Å²) in [5.41, 5.74) is 5.54. The predicted molar refractivity (Wildman–Crippen MR) is 99.6 cm³/mol. The van der Waals surface area contributed by atoms with E-state index in [-0.39, 0.29) is 17.9 Å². The molecule has 0 spiro atoms. The zero-order valence-electron chi connectivity index (χ0n) is 15.2. The molecule has 0 aliphatic heterocycles. The molecule has 0 atom stereocenters. The molecule has 0 heterocycles.